The minimum atomic E-state index is -1.27. The van der Waals surface area contributed by atoms with Crippen LogP contribution in [0.15, 0.2) is 24.4 Å². The lowest BCUT2D eigenvalue weighted by Crippen LogP contribution is -2.46. The highest BCUT2D eigenvalue weighted by Gasteiger charge is 2.27. The summed E-state index contributed by atoms with van der Waals surface area (Å²) in [7, 11) is 5.24. The number of carbonyl (C=O) groups excluding carboxylic acids is 2. The summed E-state index contributed by atoms with van der Waals surface area (Å²) in [6.45, 7) is 0. The van der Waals surface area contributed by atoms with E-state index in [1.165, 1.54) is 7.11 Å². The van der Waals surface area contributed by atoms with Gasteiger partial charge in [-0.1, -0.05) is 0 Å². The Morgan fingerprint density at radius 1 is 1.37 bits per heavy atom. The topological polar surface area (TPSA) is 148 Å². The van der Waals surface area contributed by atoms with Crippen molar-refractivity contribution >= 4 is 40.5 Å². The Balaban J connectivity index is 2.12. The SMILES string of the molecule is CO[C@@H](Cc1c[nH]c2ccc(N(C)C)cc12)C(=O)N[C@@H](CCC(=O)C=[N+]=[N-])C(=O)O. The largest absolute Gasteiger partial charge is 0.480 e. The Morgan fingerprint density at radius 2 is 2.10 bits per heavy atom. The zero-order valence-corrected chi connectivity index (χ0v) is 17.1. The summed E-state index contributed by atoms with van der Waals surface area (Å²) in [6.07, 6.45) is 1.49. The molecule has 0 radical (unpaired) electrons. The number of carbonyl (C=O) groups is 3. The number of anilines is 1. The molecule has 0 aliphatic rings. The number of methoxy groups -OCH3 is 1. The molecule has 3 N–H and O–H groups in total. The number of hydrogen-bond acceptors (Lipinski definition) is 5. The lowest BCUT2D eigenvalue weighted by atomic mass is 10.0. The summed E-state index contributed by atoms with van der Waals surface area (Å²) < 4.78 is 5.31. The number of Topliss-reactive ketones (excluding diaryl/α,β-unsaturated/α-hetero) is 1. The summed E-state index contributed by atoms with van der Waals surface area (Å²) in [5.41, 5.74) is 11.1. The van der Waals surface area contributed by atoms with Crippen molar-refractivity contribution in [3.8, 4) is 0 Å². The molecule has 0 aliphatic carbocycles. The molecule has 10 nitrogen and oxygen atoms in total. The predicted molar refractivity (Wildman–Crippen MR) is 111 cm³/mol. The third kappa shape index (κ3) is 5.76. The number of aromatic amines is 1. The van der Waals surface area contributed by atoms with Crippen molar-refractivity contribution < 1.29 is 29.0 Å². The van der Waals surface area contributed by atoms with Gasteiger partial charge in [0.05, 0.1) is 0 Å². The van der Waals surface area contributed by atoms with Crippen molar-refractivity contribution in [2.75, 3.05) is 26.1 Å². The van der Waals surface area contributed by atoms with Crippen LogP contribution in [-0.2, 0) is 25.5 Å². The zero-order chi connectivity index (χ0) is 22.3. The highest BCUT2D eigenvalue weighted by Crippen LogP contribution is 2.25. The van der Waals surface area contributed by atoms with Crippen LogP contribution in [0.5, 0.6) is 0 Å². The fourth-order valence-corrected chi connectivity index (χ4v) is 3.03. The van der Waals surface area contributed by atoms with E-state index < -0.39 is 29.8 Å². The number of ketones is 1. The molecule has 0 bridgehead atoms. The normalized spacial score (nSPS) is 12.6. The molecule has 2 atom stereocenters. The number of nitrogens with one attached hydrogen (secondary N) is 2. The summed E-state index contributed by atoms with van der Waals surface area (Å²) in [6, 6.07) is 4.65. The molecule has 2 rings (SSSR count). The van der Waals surface area contributed by atoms with E-state index in [-0.39, 0.29) is 19.3 Å². The van der Waals surface area contributed by atoms with Crippen molar-refractivity contribution in [2.24, 2.45) is 0 Å². The molecule has 0 spiro atoms. The van der Waals surface area contributed by atoms with Gasteiger partial charge in [0.2, 0.25) is 11.7 Å². The number of amides is 1. The van der Waals surface area contributed by atoms with Gasteiger partial charge >= 0.3 is 12.2 Å². The van der Waals surface area contributed by atoms with Gasteiger partial charge < -0.3 is 30.6 Å². The number of nitrogens with zero attached hydrogens (tertiary/aromatic N) is 3. The van der Waals surface area contributed by atoms with E-state index in [1.54, 1.807) is 6.20 Å². The molecule has 1 aromatic heterocycles. The molecular weight excluding hydrogens is 390 g/mol. The smallest absolute Gasteiger partial charge is 0.326 e. The maximum Gasteiger partial charge on any atom is 0.326 e. The minimum absolute atomic E-state index is 0.137. The molecule has 2 aromatic rings. The molecule has 0 saturated carbocycles. The van der Waals surface area contributed by atoms with E-state index in [9.17, 15) is 19.5 Å². The first kappa shape index (κ1) is 22.8. The van der Waals surface area contributed by atoms with Crippen LogP contribution in [0.4, 0.5) is 5.69 Å². The van der Waals surface area contributed by atoms with Crippen LogP contribution in [0.3, 0.4) is 0 Å². The number of carboxylic acids is 1. The average molecular weight is 415 g/mol. The molecule has 0 aliphatic heterocycles. The van der Waals surface area contributed by atoms with Crippen LogP contribution in [0.25, 0.3) is 16.4 Å². The van der Waals surface area contributed by atoms with Crippen molar-refractivity contribution in [1.82, 2.24) is 10.3 Å². The summed E-state index contributed by atoms with van der Waals surface area (Å²) in [4.78, 5) is 43.2. The molecule has 30 heavy (non-hydrogen) atoms. The van der Waals surface area contributed by atoms with Gasteiger partial charge in [-0.25, -0.2) is 4.79 Å². The Morgan fingerprint density at radius 3 is 2.70 bits per heavy atom. The second-order valence-electron chi connectivity index (χ2n) is 7.02. The highest BCUT2D eigenvalue weighted by atomic mass is 16.5. The number of aromatic nitrogens is 1. The van der Waals surface area contributed by atoms with Crippen LogP contribution >= 0.6 is 0 Å². The fourth-order valence-electron chi connectivity index (χ4n) is 3.03. The molecule has 1 heterocycles. The maximum atomic E-state index is 12.6. The number of hydrogen-bond donors (Lipinski definition) is 3. The van der Waals surface area contributed by atoms with Gasteiger partial charge in [0.25, 0.3) is 0 Å². The molecule has 160 valence electrons. The van der Waals surface area contributed by atoms with Crippen molar-refractivity contribution in [2.45, 2.75) is 31.4 Å². The van der Waals surface area contributed by atoms with Crippen molar-refractivity contribution in [1.29, 1.82) is 0 Å². The summed E-state index contributed by atoms with van der Waals surface area (Å²) in [5.74, 6) is -2.40. The first-order chi connectivity index (χ1) is 14.3. The van der Waals surface area contributed by atoms with Gasteiger partial charge in [0, 0.05) is 56.8 Å². The molecule has 1 amide bonds. The number of benzene rings is 1. The van der Waals surface area contributed by atoms with Crippen LogP contribution < -0.4 is 10.2 Å². The number of rotatable bonds is 11. The van der Waals surface area contributed by atoms with Gasteiger partial charge in [0.1, 0.15) is 12.1 Å². The van der Waals surface area contributed by atoms with Crippen LogP contribution in [-0.4, -0.2) is 72.1 Å². The Kier molecular flexibility index (Phi) is 7.85. The van der Waals surface area contributed by atoms with Crippen LogP contribution in [0, 0.1) is 0 Å². The number of carboxylic acid groups (broad SMARTS) is 1. The van der Waals surface area contributed by atoms with Gasteiger partial charge in [0.15, 0.2) is 0 Å². The lowest BCUT2D eigenvalue weighted by molar-refractivity contribution is -0.144. The third-order valence-electron chi connectivity index (χ3n) is 4.75. The van der Waals surface area contributed by atoms with E-state index in [0.717, 1.165) is 22.2 Å². The van der Waals surface area contributed by atoms with Gasteiger partial charge in [-0.3, -0.25) is 9.59 Å². The Hall–Kier alpha value is -3.49. The average Bonchev–Trinajstić information content (AvgIpc) is 3.10. The maximum absolute atomic E-state index is 12.6. The molecular formula is C20H25N5O5. The van der Waals surface area contributed by atoms with Gasteiger partial charge in [-0.15, -0.1) is 0 Å². The first-order valence-corrected chi connectivity index (χ1v) is 9.30. The molecule has 0 saturated heterocycles. The predicted octanol–water partition coefficient (Wildman–Crippen LogP) is 1.01. The van der Waals surface area contributed by atoms with E-state index in [0.29, 0.717) is 6.21 Å². The summed E-state index contributed by atoms with van der Waals surface area (Å²) in [5, 5.41) is 12.7. The molecule has 10 heteroatoms. The van der Waals surface area contributed by atoms with Gasteiger partial charge in [-0.2, -0.15) is 4.79 Å². The Labute approximate surface area is 173 Å². The molecule has 0 unspecified atom stereocenters. The summed E-state index contributed by atoms with van der Waals surface area (Å²) >= 11 is 0. The second-order valence-corrected chi connectivity index (χ2v) is 7.02. The fraction of sp³-hybridized carbons (Fsp3) is 0.400. The van der Waals surface area contributed by atoms with E-state index >= 15 is 0 Å². The number of H-pyrrole nitrogens is 1. The Bertz CT molecular complexity index is 977. The van der Waals surface area contributed by atoms with Crippen LogP contribution in [0.2, 0.25) is 0 Å². The molecule has 1 aromatic carbocycles. The number of ether oxygens (including phenoxy) is 1. The minimum Gasteiger partial charge on any atom is -0.480 e. The second kappa shape index (κ2) is 10.3. The monoisotopic (exact) mass is 415 g/mol. The van der Waals surface area contributed by atoms with E-state index in [4.69, 9.17) is 10.3 Å². The van der Waals surface area contributed by atoms with E-state index in [1.807, 2.05) is 37.2 Å². The number of aliphatic carboxylic acids is 1. The molecule has 0 fully saturated rings. The third-order valence-corrected chi connectivity index (χ3v) is 4.75. The standard InChI is InChI=1S/C20H25N5O5/c1-25(2)13-4-6-16-15(9-13)12(10-22-16)8-18(30-3)19(27)24-17(20(28)29)7-5-14(26)11-23-21/h4,6,9-11,17-18,22H,5,7-8H2,1-3H3,(H,24,27)(H,28,29)/t17-,18-/m0/s1. The van der Waals surface area contributed by atoms with E-state index in [2.05, 4.69) is 15.1 Å². The van der Waals surface area contributed by atoms with Gasteiger partial charge in [-0.05, 0) is 30.2 Å². The van der Waals surface area contributed by atoms with Crippen molar-refractivity contribution in [3.05, 3.63) is 35.5 Å². The quantitative estimate of drug-likeness (QED) is 0.283. The van der Waals surface area contributed by atoms with Crippen LogP contribution in [0.1, 0.15) is 18.4 Å². The first-order valence-electron chi connectivity index (χ1n) is 9.30. The lowest BCUT2D eigenvalue weighted by Gasteiger charge is -2.19. The number of fused-ring (bicyclic) bond motifs is 1. The zero-order valence-electron chi connectivity index (χ0n) is 17.1. The highest BCUT2D eigenvalue weighted by molar-refractivity contribution is 6.25. The van der Waals surface area contributed by atoms with Crippen molar-refractivity contribution in [3.63, 3.8) is 0 Å².